The monoisotopic (exact) mass is 305 g/mol. The highest BCUT2D eigenvalue weighted by molar-refractivity contribution is 5.94. The number of carbonyl (C=O) groups is 1. The molecule has 1 aliphatic carbocycles. The maximum absolute atomic E-state index is 12.3. The summed E-state index contributed by atoms with van der Waals surface area (Å²) >= 11 is 0. The molecule has 1 aliphatic rings. The molecule has 4 nitrogen and oxygen atoms in total. The van der Waals surface area contributed by atoms with Gasteiger partial charge >= 0.3 is 0 Å². The number of aliphatic hydroxyl groups excluding tert-OH is 1. The van der Waals surface area contributed by atoms with Crippen LogP contribution in [0.3, 0.4) is 0 Å². The molecule has 122 valence electrons. The van der Waals surface area contributed by atoms with E-state index in [9.17, 15) is 4.79 Å². The molecule has 0 bridgehead atoms. The van der Waals surface area contributed by atoms with E-state index in [0.717, 1.165) is 37.9 Å². The van der Waals surface area contributed by atoms with E-state index < -0.39 is 0 Å². The largest absolute Gasteiger partial charge is 0.491 e. The van der Waals surface area contributed by atoms with Crippen molar-refractivity contribution in [3.63, 3.8) is 0 Å². The van der Waals surface area contributed by atoms with Gasteiger partial charge < -0.3 is 15.2 Å². The maximum atomic E-state index is 12.3. The Morgan fingerprint density at radius 1 is 1.27 bits per heavy atom. The first-order valence-electron chi connectivity index (χ1n) is 8.30. The second-order valence-electron chi connectivity index (χ2n) is 6.23. The van der Waals surface area contributed by atoms with Crippen LogP contribution >= 0.6 is 0 Å². The molecule has 0 heterocycles. The van der Waals surface area contributed by atoms with Crippen molar-refractivity contribution in [1.82, 2.24) is 5.32 Å². The summed E-state index contributed by atoms with van der Waals surface area (Å²) in [6, 6.07) is 7.55. The predicted molar refractivity (Wildman–Crippen MR) is 87.1 cm³/mol. The van der Waals surface area contributed by atoms with E-state index in [1.807, 2.05) is 31.2 Å². The molecular formula is C18H27NO3. The van der Waals surface area contributed by atoms with Crippen molar-refractivity contribution in [3.05, 3.63) is 29.8 Å². The summed E-state index contributed by atoms with van der Waals surface area (Å²) in [6.07, 6.45) is 5.02. The minimum atomic E-state index is -0.0254. The molecular weight excluding hydrogens is 278 g/mol. The number of carbonyl (C=O) groups excluding carboxylic acids is 1. The summed E-state index contributed by atoms with van der Waals surface area (Å²) in [5.74, 6) is 1.18. The Morgan fingerprint density at radius 3 is 2.45 bits per heavy atom. The van der Waals surface area contributed by atoms with Gasteiger partial charge in [0.15, 0.2) is 0 Å². The number of benzene rings is 1. The summed E-state index contributed by atoms with van der Waals surface area (Å²) in [4.78, 5) is 12.3. The Morgan fingerprint density at radius 2 is 1.91 bits per heavy atom. The lowest BCUT2D eigenvalue weighted by Gasteiger charge is -2.28. The summed E-state index contributed by atoms with van der Waals surface area (Å²) in [7, 11) is 0. The third kappa shape index (κ3) is 4.73. The molecule has 0 saturated heterocycles. The average molecular weight is 305 g/mol. The Kier molecular flexibility index (Phi) is 6.25. The van der Waals surface area contributed by atoms with Crippen LogP contribution in [0, 0.1) is 5.92 Å². The second-order valence-corrected chi connectivity index (χ2v) is 6.23. The van der Waals surface area contributed by atoms with Crippen molar-refractivity contribution in [2.24, 2.45) is 5.92 Å². The van der Waals surface area contributed by atoms with Crippen LogP contribution in [0.5, 0.6) is 5.75 Å². The van der Waals surface area contributed by atoms with Crippen molar-refractivity contribution in [1.29, 1.82) is 0 Å². The van der Waals surface area contributed by atoms with Crippen LogP contribution in [0.15, 0.2) is 24.3 Å². The Bertz CT molecular complexity index is 464. The molecule has 1 atom stereocenters. The third-order valence-electron chi connectivity index (χ3n) is 4.47. The van der Waals surface area contributed by atoms with Gasteiger partial charge in [-0.25, -0.2) is 0 Å². The molecule has 1 unspecified atom stereocenters. The van der Waals surface area contributed by atoms with Gasteiger partial charge in [-0.05, 0) is 69.2 Å². The number of nitrogens with one attached hydrogen (secondary N) is 1. The van der Waals surface area contributed by atoms with Crippen molar-refractivity contribution < 1.29 is 14.6 Å². The second kappa shape index (κ2) is 8.18. The first kappa shape index (κ1) is 16.8. The van der Waals surface area contributed by atoms with E-state index >= 15 is 0 Å². The summed E-state index contributed by atoms with van der Waals surface area (Å²) in [5.41, 5.74) is 0.667. The third-order valence-corrected chi connectivity index (χ3v) is 4.47. The fourth-order valence-corrected chi connectivity index (χ4v) is 2.76. The van der Waals surface area contributed by atoms with Crippen LogP contribution in [0.4, 0.5) is 0 Å². The maximum Gasteiger partial charge on any atom is 0.251 e. The number of hydrogen-bond donors (Lipinski definition) is 2. The Labute approximate surface area is 132 Å². The van der Waals surface area contributed by atoms with Crippen molar-refractivity contribution in [2.75, 3.05) is 6.61 Å². The van der Waals surface area contributed by atoms with Gasteiger partial charge in [-0.15, -0.1) is 0 Å². The minimum Gasteiger partial charge on any atom is -0.491 e. The lowest BCUT2D eigenvalue weighted by atomic mass is 9.86. The summed E-state index contributed by atoms with van der Waals surface area (Å²) in [6.45, 7) is 4.37. The van der Waals surface area contributed by atoms with Gasteiger partial charge in [0, 0.05) is 18.2 Å². The molecule has 1 aromatic carbocycles. The van der Waals surface area contributed by atoms with Gasteiger partial charge in [-0.3, -0.25) is 4.79 Å². The summed E-state index contributed by atoms with van der Waals surface area (Å²) < 4.78 is 5.72. The van der Waals surface area contributed by atoms with Gasteiger partial charge in [0.2, 0.25) is 0 Å². The van der Waals surface area contributed by atoms with Crippen LogP contribution in [0.1, 0.15) is 56.3 Å². The van der Waals surface area contributed by atoms with E-state index in [-0.39, 0.29) is 24.7 Å². The minimum absolute atomic E-state index is 0.0254. The molecule has 4 heteroatoms. The molecule has 0 aromatic heterocycles. The van der Waals surface area contributed by atoms with Crippen molar-refractivity contribution in [3.8, 4) is 5.75 Å². The molecule has 0 radical (unpaired) electrons. The van der Waals surface area contributed by atoms with E-state index in [2.05, 4.69) is 12.2 Å². The Hall–Kier alpha value is -1.55. The molecule has 1 aromatic rings. The molecule has 22 heavy (non-hydrogen) atoms. The van der Waals surface area contributed by atoms with Crippen LogP contribution in [0.25, 0.3) is 0 Å². The zero-order valence-corrected chi connectivity index (χ0v) is 13.5. The van der Waals surface area contributed by atoms with E-state index in [4.69, 9.17) is 9.84 Å². The van der Waals surface area contributed by atoms with Crippen LogP contribution < -0.4 is 10.1 Å². The van der Waals surface area contributed by atoms with Gasteiger partial charge in [-0.2, -0.15) is 0 Å². The summed E-state index contributed by atoms with van der Waals surface area (Å²) in [5, 5.41) is 12.2. The number of amides is 1. The van der Waals surface area contributed by atoms with Crippen molar-refractivity contribution >= 4 is 5.91 Å². The molecule has 1 saturated carbocycles. The Balaban J connectivity index is 1.85. The molecule has 1 fully saturated rings. The number of ether oxygens (including phenoxy) is 1. The predicted octanol–water partition coefficient (Wildman–Crippen LogP) is 3.14. The molecule has 0 spiro atoms. The first-order chi connectivity index (χ1) is 10.6. The smallest absolute Gasteiger partial charge is 0.251 e. The van der Waals surface area contributed by atoms with Gasteiger partial charge in [0.05, 0.1) is 6.10 Å². The van der Waals surface area contributed by atoms with Crippen LogP contribution in [-0.2, 0) is 0 Å². The molecule has 0 aliphatic heterocycles. The van der Waals surface area contributed by atoms with Gasteiger partial charge in [-0.1, -0.05) is 6.92 Å². The fourth-order valence-electron chi connectivity index (χ4n) is 2.76. The number of hydrogen-bond acceptors (Lipinski definition) is 3. The average Bonchev–Trinajstić information content (AvgIpc) is 2.56. The SMILES string of the molecule is CCC(C)Oc1ccc(C(=O)NC2CCC(CO)CC2)cc1. The molecule has 2 N–H and O–H groups in total. The number of rotatable bonds is 6. The number of aliphatic hydroxyl groups is 1. The lowest BCUT2D eigenvalue weighted by molar-refractivity contribution is 0.0914. The van der Waals surface area contributed by atoms with Gasteiger partial charge in [0.1, 0.15) is 5.75 Å². The molecule has 1 amide bonds. The quantitative estimate of drug-likeness (QED) is 0.849. The lowest BCUT2D eigenvalue weighted by Crippen LogP contribution is -2.38. The van der Waals surface area contributed by atoms with E-state index in [1.54, 1.807) is 0 Å². The van der Waals surface area contributed by atoms with Crippen molar-refractivity contribution in [2.45, 2.75) is 58.1 Å². The highest BCUT2D eigenvalue weighted by Crippen LogP contribution is 2.24. The zero-order valence-electron chi connectivity index (χ0n) is 13.5. The zero-order chi connectivity index (χ0) is 15.9. The highest BCUT2D eigenvalue weighted by Gasteiger charge is 2.22. The molecule has 2 rings (SSSR count). The fraction of sp³-hybridized carbons (Fsp3) is 0.611. The van der Waals surface area contributed by atoms with Crippen LogP contribution in [0.2, 0.25) is 0 Å². The standard InChI is InChI=1S/C18H27NO3/c1-3-13(2)22-17-10-6-15(7-11-17)18(21)19-16-8-4-14(12-20)5-9-16/h6-7,10-11,13-14,16,20H,3-5,8-9,12H2,1-2H3,(H,19,21). The normalized spacial score (nSPS) is 22.9. The first-order valence-corrected chi connectivity index (χ1v) is 8.30. The van der Waals surface area contributed by atoms with Crippen LogP contribution in [-0.4, -0.2) is 29.8 Å². The van der Waals surface area contributed by atoms with Gasteiger partial charge in [0.25, 0.3) is 5.91 Å². The van der Waals surface area contributed by atoms with E-state index in [0.29, 0.717) is 11.5 Å². The topological polar surface area (TPSA) is 58.6 Å². The van der Waals surface area contributed by atoms with E-state index in [1.165, 1.54) is 0 Å². The highest BCUT2D eigenvalue weighted by atomic mass is 16.5.